The van der Waals surface area contributed by atoms with Crippen LogP contribution < -0.4 is 10.6 Å². The molecule has 44 heavy (non-hydrogen) atoms. The number of halogens is 3. The highest BCUT2D eigenvalue weighted by Gasteiger charge is 2.34. The molecule has 224 valence electrons. The van der Waals surface area contributed by atoms with Crippen LogP contribution in [-0.2, 0) is 4.74 Å². The van der Waals surface area contributed by atoms with Crippen molar-refractivity contribution in [2.45, 2.75) is 6.18 Å². The van der Waals surface area contributed by atoms with Crippen molar-refractivity contribution in [3.05, 3.63) is 120 Å². The van der Waals surface area contributed by atoms with Gasteiger partial charge in [0.2, 0.25) is 0 Å². The van der Waals surface area contributed by atoms with Gasteiger partial charge in [0.15, 0.2) is 0 Å². The standard InChI is InChI=1S/C32H27F3N6O3/c33-32(34,35)28(18-27(36)25-5-2-12-37-19-25)39-26-10-11-29(38-20-26)40-30(42)24-4-1-3-23(17-24)21-6-8-22(9-7-21)31(43)41-13-15-44-16-14-41/h1-12,17-20,36,39H,13-16H2,(H,38,40,42)/b28-18-,36-27?. The van der Waals surface area contributed by atoms with Crippen molar-refractivity contribution in [3.63, 3.8) is 0 Å². The van der Waals surface area contributed by atoms with Crippen molar-refractivity contribution in [1.82, 2.24) is 14.9 Å². The van der Waals surface area contributed by atoms with E-state index in [1.807, 2.05) is 18.2 Å². The summed E-state index contributed by atoms with van der Waals surface area (Å²) in [6.07, 6.45) is -0.172. The SMILES string of the molecule is N=C(/C=C(\Nc1ccc(NC(=O)c2cccc(-c3ccc(C(=O)N4CCOCC4)cc3)c2)nc1)C(F)(F)F)c1cccnc1. The van der Waals surface area contributed by atoms with Gasteiger partial charge >= 0.3 is 6.18 Å². The lowest BCUT2D eigenvalue weighted by Gasteiger charge is -2.26. The Morgan fingerprint density at radius 2 is 1.61 bits per heavy atom. The van der Waals surface area contributed by atoms with Crippen LogP contribution in [0.3, 0.4) is 0 Å². The molecule has 0 aliphatic carbocycles. The lowest BCUT2D eigenvalue weighted by Crippen LogP contribution is -2.40. The van der Waals surface area contributed by atoms with Gasteiger partial charge in [0, 0.05) is 42.2 Å². The van der Waals surface area contributed by atoms with E-state index in [2.05, 4.69) is 20.6 Å². The number of hydrogen-bond donors (Lipinski definition) is 3. The monoisotopic (exact) mass is 600 g/mol. The van der Waals surface area contributed by atoms with E-state index in [4.69, 9.17) is 10.1 Å². The zero-order chi connectivity index (χ0) is 31.1. The second-order valence-corrected chi connectivity index (χ2v) is 9.79. The maximum Gasteiger partial charge on any atom is 0.431 e. The summed E-state index contributed by atoms with van der Waals surface area (Å²) in [5.41, 5.74) is 1.22. The number of aromatic nitrogens is 2. The number of alkyl halides is 3. The van der Waals surface area contributed by atoms with E-state index in [9.17, 15) is 22.8 Å². The Hall–Kier alpha value is -5.36. The maximum atomic E-state index is 13.7. The van der Waals surface area contributed by atoms with E-state index in [-0.39, 0.29) is 28.7 Å². The van der Waals surface area contributed by atoms with E-state index < -0.39 is 17.8 Å². The third-order valence-corrected chi connectivity index (χ3v) is 6.74. The molecule has 1 fully saturated rings. The number of nitrogens with one attached hydrogen (secondary N) is 3. The summed E-state index contributed by atoms with van der Waals surface area (Å²) in [6.45, 7) is 2.14. The van der Waals surface area contributed by atoms with E-state index in [1.165, 1.54) is 36.7 Å². The Bertz CT molecular complexity index is 1670. The van der Waals surface area contributed by atoms with Crippen LogP contribution >= 0.6 is 0 Å². The zero-order valence-corrected chi connectivity index (χ0v) is 23.3. The van der Waals surface area contributed by atoms with Crippen LogP contribution in [0.15, 0.2) is 103 Å². The molecule has 2 amide bonds. The summed E-state index contributed by atoms with van der Waals surface area (Å²) >= 11 is 0. The van der Waals surface area contributed by atoms with Gasteiger partial charge in [0.25, 0.3) is 11.8 Å². The summed E-state index contributed by atoms with van der Waals surface area (Å²) in [4.78, 5) is 35.3. The van der Waals surface area contributed by atoms with Gasteiger partial charge in [-0.3, -0.25) is 14.6 Å². The normalized spacial score (nSPS) is 13.7. The van der Waals surface area contributed by atoms with Gasteiger partial charge in [-0.05, 0) is 65.7 Å². The van der Waals surface area contributed by atoms with Gasteiger partial charge in [-0.25, -0.2) is 4.98 Å². The minimum absolute atomic E-state index is 0.0168. The fourth-order valence-electron chi connectivity index (χ4n) is 4.42. The number of hydrogen-bond acceptors (Lipinski definition) is 7. The predicted molar refractivity (Wildman–Crippen MR) is 160 cm³/mol. The van der Waals surface area contributed by atoms with Crippen LogP contribution in [0.4, 0.5) is 24.7 Å². The van der Waals surface area contributed by atoms with Gasteiger partial charge in [0.05, 0.1) is 30.8 Å². The first-order chi connectivity index (χ1) is 21.2. The first-order valence-corrected chi connectivity index (χ1v) is 13.6. The van der Waals surface area contributed by atoms with E-state index in [0.29, 0.717) is 43.5 Å². The van der Waals surface area contributed by atoms with Crippen molar-refractivity contribution < 1.29 is 27.5 Å². The van der Waals surface area contributed by atoms with Crippen molar-refractivity contribution in [1.29, 1.82) is 5.41 Å². The largest absolute Gasteiger partial charge is 0.431 e. The van der Waals surface area contributed by atoms with Crippen LogP contribution in [0, 0.1) is 5.41 Å². The summed E-state index contributed by atoms with van der Waals surface area (Å²) in [7, 11) is 0. The molecular weight excluding hydrogens is 573 g/mol. The van der Waals surface area contributed by atoms with Crippen molar-refractivity contribution in [2.24, 2.45) is 0 Å². The smallest absolute Gasteiger partial charge is 0.378 e. The summed E-state index contributed by atoms with van der Waals surface area (Å²) in [6, 6.07) is 19.8. The van der Waals surface area contributed by atoms with E-state index >= 15 is 0 Å². The molecule has 2 aromatic heterocycles. The van der Waals surface area contributed by atoms with Crippen molar-refractivity contribution in [2.75, 3.05) is 36.9 Å². The Morgan fingerprint density at radius 3 is 2.27 bits per heavy atom. The molecule has 1 aliphatic rings. The molecular formula is C32H27F3N6O3. The Labute approximate surface area is 250 Å². The van der Waals surface area contributed by atoms with Crippen LogP contribution in [-0.4, -0.2) is 64.9 Å². The molecule has 1 aliphatic heterocycles. The Balaban J connectivity index is 1.23. The molecule has 3 N–H and O–H groups in total. The highest BCUT2D eigenvalue weighted by atomic mass is 19.4. The lowest BCUT2D eigenvalue weighted by molar-refractivity contribution is -0.0901. The minimum Gasteiger partial charge on any atom is -0.378 e. The number of nitrogens with zero attached hydrogens (tertiary/aromatic N) is 3. The molecule has 5 rings (SSSR count). The second-order valence-electron chi connectivity index (χ2n) is 9.79. The van der Waals surface area contributed by atoms with Gasteiger partial charge < -0.3 is 25.7 Å². The molecule has 0 radical (unpaired) electrons. The highest BCUT2D eigenvalue weighted by molar-refractivity contribution is 6.07. The third kappa shape index (κ3) is 7.53. The van der Waals surface area contributed by atoms with Crippen molar-refractivity contribution in [3.8, 4) is 11.1 Å². The number of rotatable bonds is 8. The number of morpholine rings is 1. The number of amides is 2. The van der Waals surface area contributed by atoms with Gasteiger partial charge in [-0.2, -0.15) is 13.2 Å². The van der Waals surface area contributed by atoms with E-state index in [0.717, 1.165) is 17.3 Å². The second kappa shape index (κ2) is 13.3. The van der Waals surface area contributed by atoms with Gasteiger partial charge in [0.1, 0.15) is 11.5 Å². The average molecular weight is 601 g/mol. The number of pyridine rings is 2. The number of allylic oxidation sites excluding steroid dienone is 2. The lowest BCUT2D eigenvalue weighted by atomic mass is 10.0. The van der Waals surface area contributed by atoms with Crippen LogP contribution in [0.5, 0.6) is 0 Å². The molecule has 0 atom stereocenters. The van der Waals surface area contributed by atoms with Crippen LogP contribution in [0.1, 0.15) is 26.3 Å². The number of anilines is 2. The molecule has 0 unspecified atom stereocenters. The Kier molecular flexibility index (Phi) is 9.10. The number of carbonyl (C=O) groups is 2. The first kappa shape index (κ1) is 30.1. The van der Waals surface area contributed by atoms with Crippen molar-refractivity contribution >= 4 is 29.0 Å². The highest BCUT2D eigenvalue weighted by Crippen LogP contribution is 2.28. The first-order valence-electron chi connectivity index (χ1n) is 13.6. The molecule has 9 nitrogen and oxygen atoms in total. The minimum atomic E-state index is -4.76. The van der Waals surface area contributed by atoms with Crippen LogP contribution in [0.2, 0.25) is 0 Å². The zero-order valence-electron chi connectivity index (χ0n) is 23.3. The summed E-state index contributed by atoms with van der Waals surface area (Å²) in [5.74, 6) is -0.380. The topological polar surface area (TPSA) is 120 Å². The maximum absolute atomic E-state index is 13.7. The Morgan fingerprint density at radius 1 is 0.864 bits per heavy atom. The molecule has 4 aromatic rings. The molecule has 1 saturated heterocycles. The molecule has 3 heterocycles. The van der Waals surface area contributed by atoms with Gasteiger partial charge in [-0.1, -0.05) is 24.3 Å². The molecule has 2 aromatic carbocycles. The molecule has 12 heteroatoms. The van der Waals surface area contributed by atoms with Gasteiger partial charge in [-0.15, -0.1) is 0 Å². The van der Waals surface area contributed by atoms with Crippen LogP contribution in [0.25, 0.3) is 11.1 Å². The average Bonchev–Trinajstić information content (AvgIpc) is 3.05. The molecule has 0 spiro atoms. The quantitative estimate of drug-likeness (QED) is 0.220. The predicted octanol–water partition coefficient (Wildman–Crippen LogP) is 5.79. The number of benzene rings is 2. The summed E-state index contributed by atoms with van der Waals surface area (Å²) in [5, 5.41) is 12.9. The molecule has 0 bridgehead atoms. The third-order valence-electron chi connectivity index (χ3n) is 6.74. The molecule has 0 saturated carbocycles. The van der Waals surface area contributed by atoms with E-state index in [1.54, 1.807) is 35.2 Å². The fourth-order valence-corrected chi connectivity index (χ4v) is 4.42. The fraction of sp³-hybridized carbons (Fsp3) is 0.156. The summed E-state index contributed by atoms with van der Waals surface area (Å²) < 4.78 is 46.3. The number of ether oxygens (including phenoxy) is 1. The number of carbonyl (C=O) groups excluding carboxylic acids is 2.